The number of amides is 1. The van der Waals surface area contributed by atoms with Crippen LogP contribution in [0.1, 0.15) is 18.4 Å². The Morgan fingerprint density at radius 2 is 2.05 bits per heavy atom. The number of hydrogen-bond acceptors (Lipinski definition) is 4. The Bertz CT molecular complexity index is 484. The summed E-state index contributed by atoms with van der Waals surface area (Å²) in [6.07, 6.45) is 2.58. The van der Waals surface area contributed by atoms with Crippen LogP contribution in [0.15, 0.2) is 29.2 Å². The van der Waals surface area contributed by atoms with Crippen molar-refractivity contribution in [2.45, 2.75) is 23.0 Å². The first-order valence-electron chi connectivity index (χ1n) is 6.51. The quantitative estimate of drug-likeness (QED) is 0.398. The van der Waals surface area contributed by atoms with E-state index in [1.54, 1.807) is 7.11 Å². The van der Waals surface area contributed by atoms with E-state index in [1.165, 1.54) is 17.7 Å². The molecule has 20 heavy (non-hydrogen) atoms. The molecular formula is C14H19N2O3S+. The predicted molar refractivity (Wildman–Crippen MR) is 77.4 cm³/mol. The number of methoxy groups -OCH3 is 1. The molecule has 0 radical (unpaired) electrons. The van der Waals surface area contributed by atoms with Crippen LogP contribution in [0.4, 0.5) is 0 Å². The molecule has 1 fully saturated rings. The third-order valence-corrected chi connectivity index (χ3v) is 4.13. The molecule has 0 atom stereocenters. The van der Waals surface area contributed by atoms with Crippen LogP contribution in [0.5, 0.6) is 0 Å². The average molecular weight is 295 g/mol. The molecule has 6 heteroatoms. The average Bonchev–Trinajstić information content (AvgIpc) is 3.24. The highest BCUT2D eigenvalue weighted by atomic mass is 32.2. The topological polar surface area (TPSA) is 75.5 Å². The highest BCUT2D eigenvalue weighted by molar-refractivity contribution is 8.00. The molecule has 1 aliphatic carbocycles. The van der Waals surface area contributed by atoms with Gasteiger partial charge in [-0.3, -0.25) is 9.63 Å². The van der Waals surface area contributed by atoms with Crippen LogP contribution in [0, 0.1) is 0 Å². The normalized spacial score (nSPS) is 15.2. The van der Waals surface area contributed by atoms with Gasteiger partial charge in [0.1, 0.15) is 0 Å². The Hall–Kier alpha value is -1.53. The number of carbonyl (C=O) groups excluding carboxylic acids is 1. The number of primary amides is 1. The minimum Gasteiger partial charge on any atom is -0.381 e. The Labute approximate surface area is 122 Å². The first-order valence-corrected chi connectivity index (χ1v) is 7.39. The molecule has 0 spiro atoms. The predicted octanol–water partition coefficient (Wildman–Crippen LogP) is -0.126. The van der Waals surface area contributed by atoms with Gasteiger partial charge in [-0.1, -0.05) is 0 Å². The zero-order valence-corrected chi connectivity index (χ0v) is 12.2. The maximum Gasteiger partial charge on any atom is 0.319 e. The van der Waals surface area contributed by atoms with Crippen molar-refractivity contribution in [1.29, 1.82) is 0 Å². The minimum atomic E-state index is -0.551. The van der Waals surface area contributed by atoms with E-state index in [1.807, 2.05) is 36.0 Å². The van der Waals surface area contributed by atoms with Crippen molar-refractivity contribution >= 4 is 23.4 Å². The largest absolute Gasteiger partial charge is 0.381 e. The van der Waals surface area contributed by atoms with Gasteiger partial charge in [0.15, 0.2) is 6.61 Å². The lowest BCUT2D eigenvalue weighted by Crippen LogP contribution is -2.75. The molecule has 0 unspecified atom stereocenters. The van der Waals surface area contributed by atoms with E-state index in [0.29, 0.717) is 13.2 Å². The van der Waals surface area contributed by atoms with Crippen molar-refractivity contribution in [1.82, 2.24) is 0 Å². The summed E-state index contributed by atoms with van der Waals surface area (Å²) < 4.78 is 4.86. The van der Waals surface area contributed by atoms with Gasteiger partial charge in [-0.2, -0.15) is 0 Å². The lowest BCUT2D eigenvalue weighted by atomic mass is 10.1. The highest BCUT2D eigenvalue weighted by Crippen LogP contribution is 2.38. The molecule has 108 valence electrons. The Kier molecular flexibility index (Phi) is 5.43. The fourth-order valence-corrected chi connectivity index (χ4v) is 2.63. The van der Waals surface area contributed by atoms with Crippen molar-refractivity contribution in [3.63, 3.8) is 0 Å². The molecule has 1 amide bonds. The van der Waals surface area contributed by atoms with Gasteiger partial charge in [0.25, 0.3) is 0 Å². The zero-order chi connectivity index (χ0) is 14.4. The van der Waals surface area contributed by atoms with Gasteiger partial charge in [0, 0.05) is 17.3 Å². The summed E-state index contributed by atoms with van der Waals surface area (Å²) in [7, 11) is 1.58. The second-order valence-corrected chi connectivity index (χ2v) is 5.90. The number of thioether (sulfide) groups is 1. The van der Waals surface area contributed by atoms with E-state index in [4.69, 9.17) is 15.3 Å². The molecule has 0 aromatic heterocycles. The summed E-state index contributed by atoms with van der Waals surface area (Å²) in [6, 6.07) is 7.74. The van der Waals surface area contributed by atoms with Crippen LogP contribution >= 0.6 is 11.8 Å². The number of rotatable bonds is 8. The third-order valence-electron chi connectivity index (χ3n) is 2.78. The SMILES string of the molecule is COCCO/[NH+]=C(/C(N)=O)c1ccc(SC2CC2)cc1. The van der Waals surface area contributed by atoms with Crippen LogP contribution < -0.4 is 10.9 Å². The van der Waals surface area contributed by atoms with E-state index < -0.39 is 5.91 Å². The van der Waals surface area contributed by atoms with E-state index in [-0.39, 0.29) is 5.71 Å². The number of nitrogens with one attached hydrogen (secondary N) is 1. The lowest BCUT2D eigenvalue weighted by Gasteiger charge is -2.01. The summed E-state index contributed by atoms with van der Waals surface area (Å²) in [5.74, 6) is -0.551. The number of hydrogen-bond donors (Lipinski definition) is 2. The molecular weight excluding hydrogens is 276 g/mol. The van der Waals surface area contributed by atoms with Crippen LogP contribution in [0.3, 0.4) is 0 Å². The van der Waals surface area contributed by atoms with Crippen molar-refractivity contribution in [3.05, 3.63) is 29.8 Å². The zero-order valence-electron chi connectivity index (χ0n) is 11.4. The van der Waals surface area contributed by atoms with E-state index in [9.17, 15) is 4.79 Å². The smallest absolute Gasteiger partial charge is 0.319 e. The van der Waals surface area contributed by atoms with Gasteiger partial charge in [-0.25, -0.2) is 0 Å². The lowest BCUT2D eigenvalue weighted by molar-refractivity contribution is -0.752. The van der Waals surface area contributed by atoms with Crippen LogP contribution in [-0.4, -0.2) is 37.2 Å². The van der Waals surface area contributed by atoms with E-state index in [2.05, 4.69) is 5.16 Å². The second-order valence-electron chi connectivity index (χ2n) is 4.52. The molecule has 1 aromatic carbocycles. The van der Waals surface area contributed by atoms with Gasteiger partial charge >= 0.3 is 11.6 Å². The first-order chi connectivity index (χ1) is 9.70. The molecule has 5 nitrogen and oxygen atoms in total. The summed E-state index contributed by atoms with van der Waals surface area (Å²) in [5, 5.41) is 3.36. The maximum atomic E-state index is 11.4. The van der Waals surface area contributed by atoms with Crippen molar-refractivity contribution < 1.29 is 19.5 Å². The van der Waals surface area contributed by atoms with Crippen LogP contribution in [0.2, 0.25) is 0 Å². The molecule has 0 aliphatic heterocycles. The number of ether oxygens (including phenoxy) is 1. The molecule has 1 saturated carbocycles. The first kappa shape index (κ1) is 14.9. The van der Waals surface area contributed by atoms with Crippen molar-refractivity contribution in [3.8, 4) is 0 Å². The summed E-state index contributed by atoms with van der Waals surface area (Å²) in [5.41, 5.74) is 6.33. The molecule has 1 aliphatic rings. The molecule has 2 rings (SSSR count). The minimum absolute atomic E-state index is 0.254. The third kappa shape index (κ3) is 4.54. The Morgan fingerprint density at radius 1 is 1.35 bits per heavy atom. The fraction of sp³-hybridized carbons (Fsp3) is 0.429. The Morgan fingerprint density at radius 3 is 2.60 bits per heavy atom. The van der Waals surface area contributed by atoms with Gasteiger partial charge in [-0.05, 0) is 42.3 Å². The molecule has 0 heterocycles. The monoisotopic (exact) mass is 295 g/mol. The van der Waals surface area contributed by atoms with Crippen molar-refractivity contribution in [2.24, 2.45) is 5.73 Å². The second kappa shape index (κ2) is 7.31. The Balaban J connectivity index is 2.02. The summed E-state index contributed by atoms with van der Waals surface area (Å²) in [4.78, 5) is 17.8. The number of benzene rings is 1. The highest BCUT2D eigenvalue weighted by Gasteiger charge is 2.23. The molecule has 3 N–H and O–H groups in total. The van der Waals surface area contributed by atoms with Gasteiger partial charge in [0.2, 0.25) is 0 Å². The molecule has 0 saturated heterocycles. The standard InChI is InChI=1S/C14H18N2O3S/c1-18-8-9-19-16-13(14(15)17)10-2-4-11(5-3-10)20-12-6-7-12/h2-5,12H,6-9H2,1H3,(H2,15,17)/p+1/b16-13+. The van der Waals surface area contributed by atoms with Gasteiger partial charge < -0.3 is 10.5 Å². The van der Waals surface area contributed by atoms with E-state index >= 15 is 0 Å². The maximum absolute atomic E-state index is 11.4. The molecule has 0 bridgehead atoms. The fourth-order valence-electron chi connectivity index (χ4n) is 1.58. The van der Waals surface area contributed by atoms with Gasteiger partial charge in [-0.15, -0.1) is 11.8 Å². The number of nitrogens with two attached hydrogens (primary N) is 1. The van der Waals surface area contributed by atoms with Crippen LogP contribution in [0.25, 0.3) is 0 Å². The van der Waals surface area contributed by atoms with Crippen LogP contribution in [-0.2, 0) is 14.4 Å². The van der Waals surface area contributed by atoms with E-state index in [0.717, 1.165) is 10.8 Å². The number of carbonyl (C=O) groups is 1. The summed E-state index contributed by atoms with van der Waals surface area (Å²) >= 11 is 1.87. The summed E-state index contributed by atoms with van der Waals surface area (Å²) in [6.45, 7) is 0.777. The van der Waals surface area contributed by atoms with Gasteiger partial charge in [0.05, 0.1) is 12.2 Å². The molecule has 1 aromatic rings. The van der Waals surface area contributed by atoms with Crippen molar-refractivity contribution in [2.75, 3.05) is 20.3 Å².